The fourth-order valence-electron chi connectivity index (χ4n) is 3.74. The summed E-state index contributed by atoms with van der Waals surface area (Å²) in [6, 6.07) is 22.1. The van der Waals surface area contributed by atoms with Gasteiger partial charge in [0.05, 0.1) is 12.0 Å². The molecule has 6 nitrogen and oxygen atoms in total. The molecule has 7 heteroatoms. The van der Waals surface area contributed by atoms with Crippen LogP contribution in [0.4, 0.5) is 0 Å². The third-order valence-corrected chi connectivity index (χ3v) is 5.94. The zero-order chi connectivity index (χ0) is 21.2. The predicted octanol–water partition coefficient (Wildman–Crippen LogP) is 5.20. The third-order valence-electron chi connectivity index (χ3n) is 5.12. The van der Waals surface area contributed by atoms with Crippen LogP contribution < -0.4 is 5.43 Å². The molecule has 0 aliphatic carbocycles. The van der Waals surface area contributed by atoms with Gasteiger partial charge in [-0.25, -0.2) is 10.4 Å². The lowest BCUT2D eigenvalue weighted by Crippen LogP contribution is -2.19. The lowest BCUT2D eigenvalue weighted by Gasteiger charge is -2.02. The van der Waals surface area contributed by atoms with E-state index in [4.69, 9.17) is 4.42 Å². The van der Waals surface area contributed by atoms with Crippen LogP contribution >= 0.6 is 11.8 Å². The maximum absolute atomic E-state index is 12.1. The number of aryl methyl sites for hydroxylation is 1. The van der Waals surface area contributed by atoms with Crippen molar-refractivity contribution in [3.8, 4) is 0 Å². The number of carbonyl (C=O) groups is 1. The SMILES string of the molecule is CCn1c2ccccc2c2cc(C=NNC(=O)CSc3nc4ccccc4o3)ccc21. The topological polar surface area (TPSA) is 72.4 Å². The molecule has 0 radical (unpaired) electrons. The van der Waals surface area contributed by atoms with E-state index in [9.17, 15) is 4.79 Å². The van der Waals surface area contributed by atoms with Crippen LogP contribution in [0.5, 0.6) is 0 Å². The maximum atomic E-state index is 12.1. The molecule has 1 N–H and O–H groups in total. The van der Waals surface area contributed by atoms with E-state index in [-0.39, 0.29) is 11.7 Å². The standard InChI is InChI=1S/C24H20N4O2S/c1-2-28-20-9-5-3-7-17(20)18-13-16(11-12-21(18)28)14-25-27-23(29)15-31-24-26-19-8-4-6-10-22(19)30-24/h3-14H,2,15H2,1H3,(H,27,29). The number of amides is 1. The van der Waals surface area contributed by atoms with Crippen molar-refractivity contribution in [1.29, 1.82) is 0 Å². The Balaban J connectivity index is 1.26. The first-order valence-corrected chi connectivity index (χ1v) is 11.0. The number of hydrazone groups is 1. The van der Waals surface area contributed by atoms with Crippen molar-refractivity contribution in [1.82, 2.24) is 15.0 Å². The minimum absolute atomic E-state index is 0.174. The number of fused-ring (bicyclic) bond motifs is 4. The molecule has 0 atom stereocenters. The van der Waals surface area contributed by atoms with Gasteiger partial charge in [0.25, 0.3) is 11.1 Å². The van der Waals surface area contributed by atoms with E-state index in [1.807, 2.05) is 30.3 Å². The van der Waals surface area contributed by atoms with Gasteiger partial charge in [0.15, 0.2) is 5.58 Å². The number of oxazole rings is 1. The van der Waals surface area contributed by atoms with Gasteiger partial charge in [0, 0.05) is 28.4 Å². The lowest BCUT2D eigenvalue weighted by molar-refractivity contribution is -0.118. The molecule has 2 aromatic heterocycles. The van der Waals surface area contributed by atoms with Crippen molar-refractivity contribution in [2.45, 2.75) is 18.7 Å². The number of nitrogens with one attached hydrogen (secondary N) is 1. The van der Waals surface area contributed by atoms with Gasteiger partial charge in [0.2, 0.25) is 0 Å². The highest BCUT2D eigenvalue weighted by Crippen LogP contribution is 2.29. The Labute approximate surface area is 182 Å². The highest BCUT2D eigenvalue weighted by molar-refractivity contribution is 7.99. The minimum Gasteiger partial charge on any atom is -0.431 e. The van der Waals surface area contributed by atoms with Gasteiger partial charge in [-0.2, -0.15) is 5.10 Å². The second kappa shape index (κ2) is 8.28. The maximum Gasteiger partial charge on any atom is 0.257 e. The molecule has 0 spiro atoms. The van der Waals surface area contributed by atoms with Crippen molar-refractivity contribution in [3.63, 3.8) is 0 Å². The van der Waals surface area contributed by atoms with Crippen LogP contribution in [-0.4, -0.2) is 27.4 Å². The number of aromatic nitrogens is 2. The number of hydrogen-bond acceptors (Lipinski definition) is 5. The summed E-state index contributed by atoms with van der Waals surface area (Å²) in [6.45, 7) is 3.06. The molecule has 0 aliphatic rings. The molecule has 3 aromatic carbocycles. The Hall–Kier alpha value is -3.58. The first-order chi connectivity index (χ1) is 15.2. The molecule has 0 aliphatic heterocycles. The highest BCUT2D eigenvalue weighted by atomic mass is 32.2. The molecule has 0 bridgehead atoms. The van der Waals surface area contributed by atoms with E-state index >= 15 is 0 Å². The van der Waals surface area contributed by atoms with E-state index in [2.05, 4.69) is 63.4 Å². The van der Waals surface area contributed by atoms with Crippen molar-refractivity contribution in [2.24, 2.45) is 5.10 Å². The van der Waals surface area contributed by atoms with Crippen molar-refractivity contribution >= 4 is 56.8 Å². The molecule has 0 fully saturated rings. The van der Waals surface area contributed by atoms with Crippen LogP contribution in [-0.2, 0) is 11.3 Å². The summed E-state index contributed by atoms with van der Waals surface area (Å²) in [6.07, 6.45) is 1.67. The molecule has 0 saturated carbocycles. The second-order valence-corrected chi connectivity index (χ2v) is 7.99. The molecular formula is C24H20N4O2S. The number of rotatable bonds is 6. The minimum atomic E-state index is -0.216. The van der Waals surface area contributed by atoms with E-state index in [0.29, 0.717) is 10.8 Å². The van der Waals surface area contributed by atoms with Gasteiger partial charge in [-0.1, -0.05) is 48.2 Å². The van der Waals surface area contributed by atoms with Gasteiger partial charge in [-0.05, 0) is 42.8 Å². The summed E-state index contributed by atoms with van der Waals surface area (Å²) in [5.74, 6) is -0.0418. The van der Waals surface area contributed by atoms with Gasteiger partial charge in [-0.3, -0.25) is 4.79 Å². The number of nitrogens with zero attached hydrogens (tertiary/aromatic N) is 3. The Bertz CT molecular complexity index is 1400. The molecule has 154 valence electrons. The van der Waals surface area contributed by atoms with Crippen LogP contribution in [0.25, 0.3) is 32.9 Å². The van der Waals surface area contributed by atoms with Crippen LogP contribution in [0, 0.1) is 0 Å². The van der Waals surface area contributed by atoms with E-state index in [1.165, 1.54) is 33.6 Å². The van der Waals surface area contributed by atoms with Gasteiger partial charge in [-0.15, -0.1) is 0 Å². The number of benzene rings is 3. The fraction of sp³-hybridized carbons (Fsp3) is 0.125. The van der Waals surface area contributed by atoms with Gasteiger partial charge >= 0.3 is 0 Å². The van der Waals surface area contributed by atoms with Crippen LogP contribution in [0.15, 0.2) is 81.5 Å². The quantitative estimate of drug-likeness (QED) is 0.229. The molecule has 31 heavy (non-hydrogen) atoms. The molecule has 0 unspecified atom stereocenters. The van der Waals surface area contributed by atoms with E-state index in [1.54, 1.807) is 6.21 Å². The molecule has 0 saturated heterocycles. The summed E-state index contributed by atoms with van der Waals surface area (Å²) in [7, 11) is 0. The molecular weight excluding hydrogens is 408 g/mol. The molecule has 2 heterocycles. The zero-order valence-corrected chi connectivity index (χ0v) is 17.7. The average molecular weight is 429 g/mol. The number of carbonyl (C=O) groups excluding carboxylic acids is 1. The summed E-state index contributed by atoms with van der Waals surface area (Å²) >= 11 is 1.24. The lowest BCUT2D eigenvalue weighted by atomic mass is 10.1. The van der Waals surface area contributed by atoms with Gasteiger partial charge in [0.1, 0.15) is 5.52 Å². The van der Waals surface area contributed by atoms with Crippen LogP contribution in [0.3, 0.4) is 0 Å². The van der Waals surface area contributed by atoms with E-state index < -0.39 is 0 Å². The smallest absolute Gasteiger partial charge is 0.257 e. The summed E-state index contributed by atoms with van der Waals surface area (Å²) in [5, 5.41) is 6.98. The summed E-state index contributed by atoms with van der Waals surface area (Å²) in [4.78, 5) is 16.5. The second-order valence-electron chi connectivity index (χ2n) is 7.07. The van der Waals surface area contributed by atoms with Gasteiger partial charge < -0.3 is 8.98 Å². The largest absolute Gasteiger partial charge is 0.431 e. The van der Waals surface area contributed by atoms with E-state index in [0.717, 1.165) is 17.6 Å². The molecule has 1 amide bonds. The monoisotopic (exact) mass is 428 g/mol. The van der Waals surface area contributed by atoms with Crippen LogP contribution in [0.2, 0.25) is 0 Å². The summed E-state index contributed by atoms with van der Waals surface area (Å²) in [5.41, 5.74) is 7.41. The fourth-order valence-corrected chi connectivity index (χ4v) is 4.37. The normalized spacial score (nSPS) is 11.8. The number of para-hydroxylation sites is 3. The Morgan fingerprint density at radius 2 is 1.90 bits per heavy atom. The Morgan fingerprint density at radius 1 is 1.10 bits per heavy atom. The van der Waals surface area contributed by atoms with Crippen molar-refractivity contribution in [2.75, 3.05) is 5.75 Å². The Kier molecular flexibility index (Phi) is 5.18. The van der Waals surface area contributed by atoms with Crippen molar-refractivity contribution < 1.29 is 9.21 Å². The van der Waals surface area contributed by atoms with Crippen molar-refractivity contribution in [3.05, 3.63) is 72.3 Å². The number of thioether (sulfide) groups is 1. The first-order valence-electron chi connectivity index (χ1n) is 10.0. The molecule has 5 rings (SSSR count). The third kappa shape index (κ3) is 3.80. The average Bonchev–Trinajstić information content (AvgIpc) is 3.36. The predicted molar refractivity (Wildman–Crippen MR) is 126 cm³/mol. The summed E-state index contributed by atoms with van der Waals surface area (Å²) < 4.78 is 7.91. The first kappa shape index (κ1) is 19.4. The molecule has 5 aromatic rings. The number of hydrogen-bond donors (Lipinski definition) is 1. The van der Waals surface area contributed by atoms with Crippen LogP contribution in [0.1, 0.15) is 12.5 Å². The zero-order valence-electron chi connectivity index (χ0n) is 16.9. The Morgan fingerprint density at radius 3 is 2.77 bits per heavy atom. The highest BCUT2D eigenvalue weighted by Gasteiger charge is 2.10.